The maximum absolute atomic E-state index is 11.9. The highest BCUT2D eigenvalue weighted by atomic mass is 16.4. The van der Waals surface area contributed by atoms with Gasteiger partial charge in [0.2, 0.25) is 0 Å². The van der Waals surface area contributed by atoms with Crippen LogP contribution in [0.5, 0.6) is 0 Å². The van der Waals surface area contributed by atoms with Gasteiger partial charge in [-0.2, -0.15) is 5.10 Å². The number of hydrogen-bond donors (Lipinski definition) is 2. The molecule has 2 aromatic rings. The Hall–Kier alpha value is -3.03. The minimum absolute atomic E-state index is 0.0228. The van der Waals surface area contributed by atoms with Crippen LogP contribution >= 0.6 is 0 Å². The number of anilines is 1. The van der Waals surface area contributed by atoms with Gasteiger partial charge in [-0.25, -0.2) is 14.5 Å². The Kier molecular flexibility index (Phi) is 3.56. The van der Waals surface area contributed by atoms with Crippen molar-refractivity contribution in [3.05, 3.63) is 52.1 Å². The molecule has 2 aromatic heterocycles. The van der Waals surface area contributed by atoms with Crippen LogP contribution in [-0.2, 0) is 7.05 Å². The number of carbonyl (C=O) groups excluding carboxylic acids is 1. The molecule has 8 heteroatoms. The predicted octanol–water partition coefficient (Wildman–Crippen LogP) is 0.126. The molecule has 8 nitrogen and oxygen atoms in total. The van der Waals surface area contributed by atoms with Gasteiger partial charge in [-0.05, 0) is 18.2 Å². The number of nitrogens with one attached hydrogen (secondary N) is 1. The zero-order valence-electron chi connectivity index (χ0n) is 10.4. The van der Waals surface area contributed by atoms with E-state index in [1.165, 1.54) is 37.4 Å². The largest absolute Gasteiger partial charge is 0.477 e. The standard InChI is InChI=1S/C12H10N4O4/c1-16-10(17)6-5-7(15-16)11(18)14-9-4-2-3-8(13-9)12(19)20/h2-6H,1H3,(H,19,20)(H,13,14,18). The number of pyridine rings is 1. The SMILES string of the molecule is Cn1nc(C(=O)Nc2cccc(C(=O)O)n2)ccc1=O. The summed E-state index contributed by atoms with van der Waals surface area (Å²) in [4.78, 5) is 37.6. The smallest absolute Gasteiger partial charge is 0.354 e. The molecule has 2 N–H and O–H groups in total. The Morgan fingerprint density at radius 2 is 1.95 bits per heavy atom. The lowest BCUT2D eigenvalue weighted by atomic mass is 10.3. The summed E-state index contributed by atoms with van der Waals surface area (Å²) >= 11 is 0. The molecule has 0 spiro atoms. The van der Waals surface area contributed by atoms with Crippen molar-refractivity contribution in [2.24, 2.45) is 7.05 Å². The highest BCUT2D eigenvalue weighted by molar-refractivity contribution is 6.02. The van der Waals surface area contributed by atoms with Gasteiger partial charge in [0, 0.05) is 13.1 Å². The average molecular weight is 274 g/mol. The Bertz CT molecular complexity index is 738. The molecule has 0 aliphatic carbocycles. The Morgan fingerprint density at radius 1 is 1.20 bits per heavy atom. The van der Waals surface area contributed by atoms with Gasteiger partial charge in [-0.1, -0.05) is 6.07 Å². The topological polar surface area (TPSA) is 114 Å². The van der Waals surface area contributed by atoms with Crippen molar-refractivity contribution >= 4 is 17.7 Å². The van der Waals surface area contributed by atoms with E-state index >= 15 is 0 Å². The van der Waals surface area contributed by atoms with Crippen LogP contribution in [-0.4, -0.2) is 31.7 Å². The fourth-order valence-electron chi connectivity index (χ4n) is 1.43. The first-order chi connectivity index (χ1) is 9.47. The summed E-state index contributed by atoms with van der Waals surface area (Å²) in [6.45, 7) is 0. The van der Waals surface area contributed by atoms with Gasteiger partial charge >= 0.3 is 5.97 Å². The van der Waals surface area contributed by atoms with Crippen LogP contribution in [0.25, 0.3) is 0 Å². The second-order valence-electron chi connectivity index (χ2n) is 3.85. The zero-order chi connectivity index (χ0) is 14.7. The normalized spacial score (nSPS) is 10.1. The van der Waals surface area contributed by atoms with Crippen molar-refractivity contribution in [2.45, 2.75) is 0 Å². The van der Waals surface area contributed by atoms with Gasteiger partial charge in [0.15, 0.2) is 5.69 Å². The summed E-state index contributed by atoms with van der Waals surface area (Å²) in [5.41, 5.74) is -0.501. The molecule has 0 unspecified atom stereocenters. The maximum atomic E-state index is 11.9. The first-order valence-electron chi connectivity index (χ1n) is 5.53. The van der Waals surface area contributed by atoms with Gasteiger partial charge in [-0.3, -0.25) is 9.59 Å². The summed E-state index contributed by atoms with van der Waals surface area (Å²) < 4.78 is 1.02. The summed E-state index contributed by atoms with van der Waals surface area (Å²) in [6.07, 6.45) is 0. The van der Waals surface area contributed by atoms with Crippen molar-refractivity contribution in [1.82, 2.24) is 14.8 Å². The molecule has 0 fully saturated rings. The van der Waals surface area contributed by atoms with Crippen molar-refractivity contribution in [3.8, 4) is 0 Å². The third kappa shape index (κ3) is 2.86. The van der Waals surface area contributed by atoms with Gasteiger partial charge in [0.25, 0.3) is 11.5 Å². The van der Waals surface area contributed by atoms with E-state index in [9.17, 15) is 14.4 Å². The quantitative estimate of drug-likeness (QED) is 0.822. The van der Waals surface area contributed by atoms with Gasteiger partial charge in [-0.15, -0.1) is 0 Å². The van der Waals surface area contributed by atoms with Crippen LogP contribution in [0.2, 0.25) is 0 Å². The van der Waals surface area contributed by atoms with Crippen molar-refractivity contribution in [3.63, 3.8) is 0 Å². The van der Waals surface area contributed by atoms with Crippen LogP contribution in [0.1, 0.15) is 21.0 Å². The lowest BCUT2D eigenvalue weighted by Crippen LogP contribution is -2.24. The first-order valence-corrected chi connectivity index (χ1v) is 5.53. The molecule has 0 saturated carbocycles. The number of aryl methyl sites for hydroxylation is 1. The molecule has 2 rings (SSSR count). The first kappa shape index (κ1) is 13.4. The molecular formula is C12H10N4O4. The Morgan fingerprint density at radius 3 is 2.60 bits per heavy atom. The second-order valence-corrected chi connectivity index (χ2v) is 3.85. The van der Waals surface area contributed by atoms with E-state index in [0.717, 1.165) is 4.68 Å². The molecule has 102 valence electrons. The molecule has 0 radical (unpaired) electrons. The molecular weight excluding hydrogens is 264 g/mol. The van der Waals surface area contributed by atoms with E-state index in [-0.39, 0.29) is 22.8 Å². The highest BCUT2D eigenvalue weighted by Crippen LogP contribution is 2.06. The number of carboxylic acids is 1. The van der Waals surface area contributed by atoms with Crippen molar-refractivity contribution in [2.75, 3.05) is 5.32 Å². The Labute approximate surface area is 112 Å². The van der Waals surface area contributed by atoms with Gasteiger partial charge < -0.3 is 10.4 Å². The third-order valence-electron chi connectivity index (χ3n) is 2.40. The highest BCUT2D eigenvalue weighted by Gasteiger charge is 2.11. The molecule has 1 amide bonds. The van der Waals surface area contributed by atoms with Crippen LogP contribution in [0.4, 0.5) is 5.82 Å². The number of aromatic nitrogens is 3. The molecule has 0 saturated heterocycles. The minimum Gasteiger partial charge on any atom is -0.477 e. The fraction of sp³-hybridized carbons (Fsp3) is 0.0833. The second kappa shape index (κ2) is 5.31. The van der Waals surface area contributed by atoms with Crippen molar-refractivity contribution < 1.29 is 14.7 Å². The third-order valence-corrected chi connectivity index (χ3v) is 2.40. The summed E-state index contributed by atoms with van der Waals surface area (Å²) in [7, 11) is 1.42. The fourth-order valence-corrected chi connectivity index (χ4v) is 1.43. The number of carbonyl (C=O) groups is 2. The molecule has 0 bridgehead atoms. The summed E-state index contributed by atoms with van der Waals surface area (Å²) in [5, 5.41) is 15.0. The summed E-state index contributed by atoms with van der Waals surface area (Å²) in [6, 6.07) is 6.71. The minimum atomic E-state index is -1.19. The van der Waals surface area contributed by atoms with Crippen LogP contribution in [0, 0.1) is 0 Å². The number of hydrogen-bond acceptors (Lipinski definition) is 5. The number of aromatic carboxylic acids is 1. The molecule has 0 aliphatic rings. The van der Waals surface area contributed by atoms with Crippen molar-refractivity contribution in [1.29, 1.82) is 0 Å². The molecule has 2 heterocycles. The Balaban J connectivity index is 2.23. The monoisotopic (exact) mass is 274 g/mol. The van der Waals surface area contributed by atoms with E-state index in [1.807, 2.05) is 0 Å². The number of rotatable bonds is 3. The number of nitrogens with zero attached hydrogens (tertiary/aromatic N) is 3. The van der Waals surface area contributed by atoms with Gasteiger partial charge in [0.1, 0.15) is 11.5 Å². The van der Waals surface area contributed by atoms with Crippen LogP contribution in [0.3, 0.4) is 0 Å². The van der Waals surface area contributed by atoms with Crippen LogP contribution < -0.4 is 10.9 Å². The lowest BCUT2D eigenvalue weighted by Gasteiger charge is -2.05. The number of amides is 1. The molecule has 0 aliphatic heterocycles. The van der Waals surface area contributed by atoms with Crippen LogP contribution in [0.15, 0.2) is 35.1 Å². The molecule has 0 atom stereocenters. The molecule has 20 heavy (non-hydrogen) atoms. The van der Waals surface area contributed by atoms with E-state index < -0.39 is 11.9 Å². The predicted molar refractivity (Wildman–Crippen MR) is 68.6 cm³/mol. The number of carboxylic acid groups (broad SMARTS) is 1. The maximum Gasteiger partial charge on any atom is 0.354 e. The van der Waals surface area contributed by atoms with E-state index in [4.69, 9.17) is 5.11 Å². The lowest BCUT2D eigenvalue weighted by molar-refractivity contribution is 0.0690. The van der Waals surface area contributed by atoms with Gasteiger partial charge in [0.05, 0.1) is 0 Å². The summed E-state index contributed by atoms with van der Waals surface area (Å²) in [5.74, 6) is -1.69. The van der Waals surface area contributed by atoms with E-state index in [0.29, 0.717) is 0 Å². The molecule has 0 aromatic carbocycles. The van der Waals surface area contributed by atoms with E-state index in [1.54, 1.807) is 0 Å². The average Bonchev–Trinajstić information content (AvgIpc) is 2.42. The zero-order valence-corrected chi connectivity index (χ0v) is 10.4. The van der Waals surface area contributed by atoms with E-state index in [2.05, 4.69) is 15.4 Å².